The molecule has 1 aliphatic rings. The predicted octanol–water partition coefficient (Wildman–Crippen LogP) is 3.68. The molecule has 1 aromatic rings. The van der Waals surface area contributed by atoms with Crippen LogP contribution in [0.2, 0.25) is 0 Å². The Kier molecular flexibility index (Phi) is 4.60. The SMILES string of the molecule is CPC1(C)CNc2cccc(CNCCC(F)(F)F)c21. The van der Waals surface area contributed by atoms with Crippen LogP contribution in [-0.4, -0.2) is 25.9 Å². The van der Waals surface area contributed by atoms with Gasteiger partial charge in [-0.2, -0.15) is 13.2 Å². The van der Waals surface area contributed by atoms with E-state index < -0.39 is 12.6 Å². The molecule has 2 nitrogen and oxygen atoms in total. The van der Waals surface area contributed by atoms with Crippen LogP contribution in [0, 0.1) is 0 Å². The molecule has 2 rings (SSSR count). The van der Waals surface area contributed by atoms with Crippen LogP contribution in [0.25, 0.3) is 0 Å². The van der Waals surface area contributed by atoms with Crippen LogP contribution in [0.4, 0.5) is 18.9 Å². The highest BCUT2D eigenvalue weighted by atomic mass is 31.1. The minimum Gasteiger partial charge on any atom is -0.384 e. The molecule has 0 saturated carbocycles. The van der Waals surface area contributed by atoms with E-state index >= 15 is 0 Å². The average molecular weight is 304 g/mol. The molecule has 0 aliphatic carbocycles. The molecule has 112 valence electrons. The van der Waals surface area contributed by atoms with E-state index in [0.29, 0.717) is 6.54 Å². The quantitative estimate of drug-likeness (QED) is 0.640. The Labute approximate surface area is 119 Å². The fourth-order valence-electron chi connectivity index (χ4n) is 2.57. The van der Waals surface area contributed by atoms with E-state index in [1.807, 2.05) is 18.2 Å². The first-order valence-corrected chi connectivity index (χ1v) is 8.18. The Balaban J connectivity index is 2.05. The lowest BCUT2D eigenvalue weighted by atomic mass is 9.96. The standard InChI is InChI=1S/C14H20F3N2P/c1-13(20-2)9-19-11-5-3-4-10(12(11)13)8-18-7-6-14(15,16)17/h3-5,18-20H,6-9H2,1-2H3. The van der Waals surface area contributed by atoms with Gasteiger partial charge in [0.15, 0.2) is 0 Å². The minimum absolute atomic E-state index is 0.0360. The maximum absolute atomic E-state index is 12.1. The van der Waals surface area contributed by atoms with Gasteiger partial charge in [-0.1, -0.05) is 19.1 Å². The van der Waals surface area contributed by atoms with Gasteiger partial charge in [-0.3, -0.25) is 0 Å². The molecular formula is C14H20F3N2P. The van der Waals surface area contributed by atoms with Crippen molar-refractivity contribution in [2.45, 2.75) is 31.2 Å². The largest absolute Gasteiger partial charge is 0.390 e. The molecule has 0 amide bonds. The van der Waals surface area contributed by atoms with E-state index in [9.17, 15) is 13.2 Å². The fraction of sp³-hybridized carbons (Fsp3) is 0.571. The van der Waals surface area contributed by atoms with E-state index in [0.717, 1.165) is 26.4 Å². The molecule has 0 fully saturated rings. The number of halogens is 3. The summed E-state index contributed by atoms with van der Waals surface area (Å²) in [6.07, 6.45) is -4.88. The van der Waals surface area contributed by atoms with Crippen molar-refractivity contribution in [2.75, 3.05) is 25.1 Å². The number of nitrogens with one attached hydrogen (secondary N) is 2. The van der Waals surface area contributed by atoms with Crippen molar-refractivity contribution in [3.8, 4) is 0 Å². The normalized spacial score (nSPS) is 22.2. The van der Waals surface area contributed by atoms with Crippen molar-refractivity contribution < 1.29 is 13.2 Å². The summed E-state index contributed by atoms with van der Waals surface area (Å²) < 4.78 is 36.4. The van der Waals surface area contributed by atoms with Gasteiger partial charge in [-0.15, -0.1) is 8.58 Å². The minimum atomic E-state index is -4.09. The maximum atomic E-state index is 12.1. The summed E-state index contributed by atoms with van der Waals surface area (Å²) in [6, 6.07) is 6.00. The zero-order chi connectivity index (χ0) is 14.8. The second kappa shape index (κ2) is 5.90. The number of anilines is 1. The lowest BCUT2D eigenvalue weighted by Crippen LogP contribution is -2.24. The van der Waals surface area contributed by atoms with Crippen LogP contribution in [-0.2, 0) is 11.7 Å². The first kappa shape index (κ1) is 15.6. The van der Waals surface area contributed by atoms with Crippen LogP contribution in [0.3, 0.4) is 0 Å². The summed E-state index contributed by atoms with van der Waals surface area (Å²) in [7, 11) is 0.754. The Morgan fingerprint density at radius 2 is 2.15 bits per heavy atom. The van der Waals surface area contributed by atoms with E-state index in [1.54, 1.807) is 0 Å². The highest BCUT2D eigenvalue weighted by molar-refractivity contribution is 7.38. The van der Waals surface area contributed by atoms with Gasteiger partial charge < -0.3 is 10.6 Å². The molecule has 1 aromatic carbocycles. The number of hydrogen-bond acceptors (Lipinski definition) is 2. The fourth-order valence-corrected chi connectivity index (χ4v) is 3.38. The number of hydrogen-bond donors (Lipinski definition) is 2. The van der Waals surface area contributed by atoms with E-state index in [-0.39, 0.29) is 11.7 Å². The molecule has 1 aliphatic heterocycles. The molecule has 0 bridgehead atoms. The Hall–Kier alpha value is -0.800. The van der Waals surface area contributed by atoms with Crippen molar-refractivity contribution in [1.29, 1.82) is 0 Å². The Morgan fingerprint density at radius 3 is 2.80 bits per heavy atom. The Morgan fingerprint density at radius 1 is 1.40 bits per heavy atom. The molecule has 1 heterocycles. The third-order valence-electron chi connectivity index (χ3n) is 3.79. The van der Waals surface area contributed by atoms with Crippen molar-refractivity contribution in [3.05, 3.63) is 29.3 Å². The van der Waals surface area contributed by atoms with E-state index in [4.69, 9.17) is 0 Å². The molecule has 0 aromatic heterocycles. The summed E-state index contributed by atoms with van der Waals surface area (Å²) in [4.78, 5) is 0. The van der Waals surface area contributed by atoms with Crippen LogP contribution in [0.15, 0.2) is 18.2 Å². The van der Waals surface area contributed by atoms with Gasteiger partial charge in [0, 0.05) is 30.5 Å². The van der Waals surface area contributed by atoms with Crippen molar-refractivity contribution in [1.82, 2.24) is 5.32 Å². The van der Waals surface area contributed by atoms with Gasteiger partial charge in [-0.25, -0.2) is 0 Å². The van der Waals surface area contributed by atoms with Crippen molar-refractivity contribution >= 4 is 14.3 Å². The number of alkyl halides is 3. The highest BCUT2D eigenvalue weighted by Gasteiger charge is 2.34. The predicted molar refractivity (Wildman–Crippen MR) is 78.9 cm³/mol. The smallest absolute Gasteiger partial charge is 0.384 e. The summed E-state index contributed by atoms with van der Waals surface area (Å²) in [6.45, 7) is 5.73. The zero-order valence-electron chi connectivity index (χ0n) is 11.7. The third-order valence-corrected chi connectivity index (χ3v) is 5.32. The summed E-state index contributed by atoms with van der Waals surface area (Å²) in [5.41, 5.74) is 3.49. The highest BCUT2D eigenvalue weighted by Crippen LogP contribution is 2.48. The number of benzene rings is 1. The average Bonchev–Trinajstić information content (AvgIpc) is 2.73. The monoisotopic (exact) mass is 304 g/mol. The van der Waals surface area contributed by atoms with Gasteiger partial charge in [0.05, 0.1) is 6.42 Å². The molecule has 2 atom stereocenters. The molecule has 0 radical (unpaired) electrons. The van der Waals surface area contributed by atoms with E-state index in [1.165, 1.54) is 5.56 Å². The van der Waals surface area contributed by atoms with Crippen LogP contribution >= 0.6 is 8.58 Å². The number of rotatable bonds is 5. The lowest BCUT2D eigenvalue weighted by molar-refractivity contribution is -0.133. The van der Waals surface area contributed by atoms with Crippen LogP contribution < -0.4 is 10.6 Å². The summed E-state index contributed by atoms with van der Waals surface area (Å²) >= 11 is 0. The topological polar surface area (TPSA) is 24.1 Å². The lowest BCUT2D eigenvalue weighted by Gasteiger charge is -2.24. The first-order valence-electron chi connectivity index (χ1n) is 6.68. The second-order valence-corrected chi connectivity index (χ2v) is 6.92. The molecule has 2 unspecified atom stereocenters. The van der Waals surface area contributed by atoms with Gasteiger partial charge in [-0.05, 0) is 23.9 Å². The molecule has 6 heteroatoms. The van der Waals surface area contributed by atoms with Gasteiger partial charge >= 0.3 is 6.18 Å². The first-order chi connectivity index (χ1) is 9.36. The molecule has 0 spiro atoms. The second-order valence-electron chi connectivity index (χ2n) is 5.32. The molecule has 2 N–H and O–H groups in total. The van der Waals surface area contributed by atoms with E-state index in [2.05, 4.69) is 24.2 Å². The van der Waals surface area contributed by atoms with Crippen LogP contribution in [0.1, 0.15) is 24.5 Å². The van der Waals surface area contributed by atoms with Crippen LogP contribution in [0.5, 0.6) is 0 Å². The third kappa shape index (κ3) is 3.44. The molecule has 0 saturated heterocycles. The van der Waals surface area contributed by atoms with Gasteiger partial charge in [0.25, 0.3) is 0 Å². The zero-order valence-corrected chi connectivity index (χ0v) is 12.7. The Bertz CT molecular complexity index is 476. The van der Waals surface area contributed by atoms with Crippen molar-refractivity contribution in [2.24, 2.45) is 0 Å². The van der Waals surface area contributed by atoms with Gasteiger partial charge in [0.2, 0.25) is 0 Å². The maximum Gasteiger partial charge on any atom is 0.390 e. The molecule has 20 heavy (non-hydrogen) atoms. The summed E-state index contributed by atoms with van der Waals surface area (Å²) in [5, 5.41) is 6.40. The number of fused-ring (bicyclic) bond motifs is 1. The summed E-state index contributed by atoms with van der Waals surface area (Å²) in [5.74, 6) is 0. The van der Waals surface area contributed by atoms with Gasteiger partial charge in [0.1, 0.15) is 0 Å². The van der Waals surface area contributed by atoms with Crippen molar-refractivity contribution in [3.63, 3.8) is 0 Å². The molecular weight excluding hydrogens is 284 g/mol.